The van der Waals surface area contributed by atoms with Gasteiger partial charge in [-0.25, -0.2) is 17.5 Å². The number of anilines is 1. The Balaban J connectivity index is 2.11. The maximum absolute atomic E-state index is 13.7. The predicted octanol–water partition coefficient (Wildman–Crippen LogP) is 2.49. The Kier molecular flexibility index (Phi) is 4.59. The zero-order valence-corrected chi connectivity index (χ0v) is 12.4. The Hall–Kier alpha value is -1.92. The summed E-state index contributed by atoms with van der Waals surface area (Å²) in [7, 11) is -3.89. The van der Waals surface area contributed by atoms with Crippen molar-refractivity contribution in [2.45, 2.75) is 17.7 Å². The average molecular weight is 308 g/mol. The van der Waals surface area contributed by atoms with Gasteiger partial charge in [-0.3, -0.25) is 0 Å². The number of hydrogen-bond acceptors (Lipinski definition) is 3. The fourth-order valence-corrected chi connectivity index (χ4v) is 3.13. The molecule has 0 fully saturated rings. The first-order valence-electron chi connectivity index (χ1n) is 6.50. The van der Waals surface area contributed by atoms with Gasteiger partial charge >= 0.3 is 0 Å². The number of rotatable bonds is 5. The standard InChI is InChI=1S/C15H17FN2O2S/c1-11(12-5-3-2-4-6-12)10-18-21(19,20)15-8-7-13(17)9-14(15)16/h2-9,11,18H,10,17H2,1H3. The first-order valence-corrected chi connectivity index (χ1v) is 7.98. The molecule has 21 heavy (non-hydrogen) atoms. The fourth-order valence-electron chi connectivity index (χ4n) is 1.95. The quantitative estimate of drug-likeness (QED) is 0.834. The normalized spacial score (nSPS) is 13.0. The maximum Gasteiger partial charge on any atom is 0.243 e. The van der Waals surface area contributed by atoms with Crippen molar-refractivity contribution in [3.8, 4) is 0 Å². The first-order chi connectivity index (χ1) is 9.90. The van der Waals surface area contributed by atoms with Crippen molar-refractivity contribution in [2.75, 3.05) is 12.3 Å². The van der Waals surface area contributed by atoms with Gasteiger partial charge in [-0.2, -0.15) is 0 Å². The Bertz CT molecular complexity index is 718. The molecule has 6 heteroatoms. The number of nitrogen functional groups attached to an aromatic ring is 1. The van der Waals surface area contributed by atoms with Crippen LogP contribution in [0, 0.1) is 5.82 Å². The number of benzene rings is 2. The Morgan fingerprint density at radius 2 is 1.86 bits per heavy atom. The molecular weight excluding hydrogens is 291 g/mol. The van der Waals surface area contributed by atoms with E-state index in [2.05, 4.69) is 4.72 Å². The third-order valence-corrected chi connectivity index (χ3v) is 4.65. The molecule has 4 nitrogen and oxygen atoms in total. The molecule has 0 aliphatic carbocycles. The molecule has 0 radical (unpaired) electrons. The highest BCUT2D eigenvalue weighted by atomic mass is 32.2. The van der Waals surface area contributed by atoms with E-state index in [1.807, 2.05) is 37.3 Å². The highest BCUT2D eigenvalue weighted by molar-refractivity contribution is 7.89. The van der Waals surface area contributed by atoms with Gasteiger partial charge in [-0.1, -0.05) is 37.3 Å². The highest BCUT2D eigenvalue weighted by Gasteiger charge is 2.20. The van der Waals surface area contributed by atoms with Crippen molar-refractivity contribution >= 4 is 15.7 Å². The second-order valence-corrected chi connectivity index (χ2v) is 6.59. The van der Waals surface area contributed by atoms with Crippen LogP contribution in [0.1, 0.15) is 18.4 Å². The summed E-state index contributed by atoms with van der Waals surface area (Å²) in [6.45, 7) is 2.09. The third-order valence-electron chi connectivity index (χ3n) is 3.19. The van der Waals surface area contributed by atoms with Crippen LogP contribution in [0.25, 0.3) is 0 Å². The predicted molar refractivity (Wildman–Crippen MR) is 80.9 cm³/mol. The zero-order valence-electron chi connectivity index (χ0n) is 11.6. The number of halogens is 1. The minimum Gasteiger partial charge on any atom is -0.399 e. The fraction of sp³-hybridized carbons (Fsp3) is 0.200. The molecule has 2 aromatic rings. The van der Waals surface area contributed by atoms with Crippen molar-refractivity contribution in [2.24, 2.45) is 0 Å². The molecule has 0 heterocycles. The Morgan fingerprint density at radius 1 is 1.19 bits per heavy atom. The van der Waals surface area contributed by atoms with Gasteiger partial charge in [0.2, 0.25) is 10.0 Å². The van der Waals surface area contributed by atoms with Crippen LogP contribution in [0.5, 0.6) is 0 Å². The van der Waals surface area contributed by atoms with Crippen molar-refractivity contribution in [1.82, 2.24) is 4.72 Å². The van der Waals surface area contributed by atoms with E-state index >= 15 is 0 Å². The van der Waals surface area contributed by atoms with E-state index < -0.39 is 20.7 Å². The minimum absolute atomic E-state index is 0.0159. The van der Waals surface area contributed by atoms with Gasteiger partial charge in [0.15, 0.2) is 0 Å². The van der Waals surface area contributed by atoms with Crippen LogP contribution in [-0.2, 0) is 10.0 Å². The molecule has 0 spiro atoms. The summed E-state index contributed by atoms with van der Waals surface area (Å²) in [5.74, 6) is -0.868. The van der Waals surface area contributed by atoms with Crippen molar-refractivity contribution in [1.29, 1.82) is 0 Å². The summed E-state index contributed by atoms with van der Waals surface area (Å²) in [5, 5.41) is 0. The van der Waals surface area contributed by atoms with Crippen LogP contribution >= 0.6 is 0 Å². The summed E-state index contributed by atoms with van der Waals surface area (Å²) >= 11 is 0. The molecule has 0 saturated heterocycles. The molecule has 0 aliphatic heterocycles. The van der Waals surface area contributed by atoms with Gasteiger partial charge in [0.25, 0.3) is 0 Å². The van der Waals surface area contributed by atoms with E-state index in [0.717, 1.165) is 11.6 Å². The largest absolute Gasteiger partial charge is 0.399 e. The third kappa shape index (κ3) is 3.80. The molecule has 0 saturated carbocycles. The van der Waals surface area contributed by atoms with E-state index in [9.17, 15) is 12.8 Å². The maximum atomic E-state index is 13.7. The molecule has 2 aromatic carbocycles. The molecule has 2 rings (SSSR count). The van der Waals surface area contributed by atoms with Gasteiger partial charge in [0, 0.05) is 12.2 Å². The Labute approximate surface area is 123 Å². The smallest absolute Gasteiger partial charge is 0.243 e. The highest BCUT2D eigenvalue weighted by Crippen LogP contribution is 2.18. The molecule has 0 amide bonds. The average Bonchev–Trinajstić information content (AvgIpc) is 2.45. The lowest BCUT2D eigenvalue weighted by Crippen LogP contribution is -2.28. The SMILES string of the molecule is CC(CNS(=O)(=O)c1ccc(N)cc1F)c1ccccc1. The van der Waals surface area contributed by atoms with Crippen LogP contribution in [0.4, 0.5) is 10.1 Å². The Morgan fingerprint density at radius 3 is 2.48 bits per heavy atom. The summed E-state index contributed by atoms with van der Waals surface area (Å²) in [6.07, 6.45) is 0. The van der Waals surface area contributed by atoms with Crippen LogP contribution in [0.3, 0.4) is 0 Å². The topological polar surface area (TPSA) is 72.2 Å². The second kappa shape index (κ2) is 6.24. The van der Waals surface area contributed by atoms with E-state index in [1.54, 1.807) is 0 Å². The lowest BCUT2D eigenvalue weighted by Gasteiger charge is -2.14. The monoisotopic (exact) mass is 308 g/mol. The van der Waals surface area contributed by atoms with E-state index in [1.165, 1.54) is 12.1 Å². The summed E-state index contributed by atoms with van der Waals surface area (Å²) in [4.78, 5) is -0.392. The van der Waals surface area contributed by atoms with Gasteiger partial charge in [0.05, 0.1) is 0 Å². The van der Waals surface area contributed by atoms with Crippen molar-refractivity contribution < 1.29 is 12.8 Å². The van der Waals surface area contributed by atoms with Gasteiger partial charge in [-0.05, 0) is 29.7 Å². The number of nitrogens with one attached hydrogen (secondary N) is 1. The van der Waals surface area contributed by atoms with Gasteiger partial charge < -0.3 is 5.73 Å². The summed E-state index contributed by atoms with van der Waals surface area (Å²) in [5.41, 5.74) is 6.61. The number of hydrogen-bond donors (Lipinski definition) is 2. The first kappa shape index (κ1) is 15.5. The molecular formula is C15H17FN2O2S. The minimum atomic E-state index is -3.89. The van der Waals surface area contributed by atoms with Crippen molar-refractivity contribution in [3.05, 3.63) is 59.9 Å². The summed E-state index contributed by atoms with van der Waals surface area (Å²) < 4.78 is 40.3. The van der Waals surface area contributed by atoms with Crippen LogP contribution in [0.2, 0.25) is 0 Å². The van der Waals surface area contributed by atoms with Gasteiger partial charge in [0.1, 0.15) is 10.7 Å². The molecule has 0 aliphatic rings. The van der Waals surface area contributed by atoms with E-state index in [0.29, 0.717) is 0 Å². The molecule has 0 aromatic heterocycles. The van der Waals surface area contributed by atoms with E-state index in [4.69, 9.17) is 5.73 Å². The molecule has 112 valence electrons. The lowest BCUT2D eigenvalue weighted by atomic mass is 10.0. The molecule has 3 N–H and O–H groups in total. The molecule has 1 atom stereocenters. The van der Waals surface area contributed by atoms with Crippen LogP contribution in [-0.4, -0.2) is 15.0 Å². The lowest BCUT2D eigenvalue weighted by molar-refractivity contribution is 0.553. The van der Waals surface area contributed by atoms with E-state index in [-0.39, 0.29) is 18.2 Å². The van der Waals surface area contributed by atoms with Crippen molar-refractivity contribution in [3.63, 3.8) is 0 Å². The number of nitrogens with two attached hydrogens (primary N) is 1. The molecule has 1 unspecified atom stereocenters. The van der Waals surface area contributed by atoms with Crippen LogP contribution < -0.4 is 10.5 Å². The second-order valence-electron chi connectivity index (χ2n) is 4.85. The van der Waals surface area contributed by atoms with Crippen LogP contribution in [0.15, 0.2) is 53.4 Å². The molecule has 0 bridgehead atoms. The number of sulfonamides is 1. The zero-order chi connectivity index (χ0) is 15.5. The van der Waals surface area contributed by atoms with Gasteiger partial charge in [-0.15, -0.1) is 0 Å². The summed E-state index contributed by atoms with van der Waals surface area (Å²) in [6, 6.07) is 13.0.